The van der Waals surface area contributed by atoms with Gasteiger partial charge < -0.3 is 14.8 Å². The molecule has 1 atom stereocenters. The zero-order valence-corrected chi connectivity index (χ0v) is 12.7. The van der Waals surface area contributed by atoms with E-state index in [2.05, 4.69) is 5.32 Å². The fraction of sp³-hybridized carbons (Fsp3) is 0.562. The molecule has 0 bridgehead atoms. The minimum atomic E-state index is -4.54. The first-order valence-electron chi connectivity index (χ1n) is 7.62. The number of benzene rings is 1. The van der Waals surface area contributed by atoms with Gasteiger partial charge in [-0.2, -0.15) is 13.2 Å². The summed E-state index contributed by atoms with van der Waals surface area (Å²) in [7, 11) is 0. The highest BCUT2D eigenvalue weighted by atomic mass is 19.4. The molecule has 1 heterocycles. The molecule has 7 heteroatoms. The normalized spacial score (nSPS) is 18.1. The Morgan fingerprint density at radius 1 is 1.35 bits per heavy atom. The molecule has 0 spiro atoms. The highest BCUT2D eigenvalue weighted by Gasteiger charge is 2.34. The third-order valence-electron chi connectivity index (χ3n) is 3.56. The van der Waals surface area contributed by atoms with Crippen LogP contribution in [0.3, 0.4) is 0 Å². The molecule has 1 unspecified atom stereocenters. The number of halogens is 3. The number of hydrogen-bond donors (Lipinski definition) is 1. The topological polar surface area (TPSA) is 47.6 Å². The Hall–Kier alpha value is -1.60. The van der Waals surface area contributed by atoms with Gasteiger partial charge in [-0.3, -0.25) is 4.79 Å². The van der Waals surface area contributed by atoms with Crippen molar-refractivity contribution in [2.24, 2.45) is 0 Å². The average Bonchev–Trinajstić information content (AvgIpc) is 3.03. The Morgan fingerprint density at radius 3 is 2.83 bits per heavy atom. The zero-order valence-electron chi connectivity index (χ0n) is 12.7. The van der Waals surface area contributed by atoms with Crippen molar-refractivity contribution in [3.8, 4) is 0 Å². The van der Waals surface area contributed by atoms with E-state index in [9.17, 15) is 18.0 Å². The van der Waals surface area contributed by atoms with Crippen molar-refractivity contribution in [1.29, 1.82) is 0 Å². The monoisotopic (exact) mass is 331 g/mol. The molecule has 1 aliphatic heterocycles. The van der Waals surface area contributed by atoms with Gasteiger partial charge in [0.25, 0.3) is 5.91 Å². The maximum absolute atomic E-state index is 12.8. The van der Waals surface area contributed by atoms with E-state index in [0.717, 1.165) is 25.5 Å². The van der Waals surface area contributed by atoms with Crippen molar-refractivity contribution in [1.82, 2.24) is 5.32 Å². The minimum Gasteiger partial charge on any atom is -0.379 e. The van der Waals surface area contributed by atoms with Crippen LogP contribution < -0.4 is 5.32 Å². The molecule has 1 aromatic rings. The van der Waals surface area contributed by atoms with Gasteiger partial charge in [-0.25, -0.2) is 0 Å². The second-order valence-corrected chi connectivity index (χ2v) is 5.36. The molecule has 1 fully saturated rings. The van der Waals surface area contributed by atoms with Crippen LogP contribution in [0.5, 0.6) is 0 Å². The number of nitrogens with one attached hydrogen (secondary N) is 1. The minimum absolute atomic E-state index is 0.142. The lowest BCUT2D eigenvalue weighted by Crippen LogP contribution is -2.28. The molecule has 0 aliphatic carbocycles. The summed E-state index contributed by atoms with van der Waals surface area (Å²) in [6.45, 7) is 1.98. The molecule has 0 radical (unpaired) electrons. The number of rotatable bonds is 7. The van der Waals surface area contributed by atoms with Gasteiger partial charge in [0.2, 0.25) is 0 Å². The van der Waals surface area contributed by atoms with E-state index in [1.807, 2.05) is 0 Å². The summed E-state index contributed by atoms with van der Waals surface area (Å²) in [6, 6.07) is 4.75. The van der Waals surface area contributed by atoms with Gasteiger partial charge in [0.1, 0.15) is 0 Å². The Balaban J connectivity index is 1.70. The molecule has 1 aromatic carbocycles. The lowest BCUT2D eigenvalue weighted by Gasteiger charge is -2.13. The fourth-order valence-electron chi connectivity index (χ4n) is 2.39. The van der Waals surface area contributed by atoms with Crippen LogP contribution in [-0.2, 0) is 15.7 Å². The van der Waals surface area contributed by atoms with E-state index in [-0.39, 0.29) is 18.2 Å². The summed E-state index contributed by atoms with van der Waals surface area (Å²) < 4.78 is 49.3. The van der Waals surface area contributed by atoms with Crippen molar-refractivity contribution < 1.29 is 27.4 Å². The summed E-state index contributed by atoms with van der Waals surface area (Å²) >= 11 is 0. The van der Waals surface area contributed by atoms with E-state index < -0.39 is 17.6 Å². The van der Waals surface area contributed by atoms with Gasteiger partial charge in [0, 0.05) is 19.8 Å². The fourth-order valence-corrected chi connectivity index (χ4v) is 2.39. The molecular formula is C16H20F3NO3. The van der Waals surface area contributed by atoms with Gasteiger partial charge in [0.15, 0.2) is 0 Å². The highest BCUT2D eigenvalue weighted by molar-refractivity contribution is 5.95. The lowest BCUT2D eigenvalue weighted by atomic mass is 10.1. The third-order valence-corrected chi connectivity index (χ3v) is 3.56. The van der Waals surface area contributed by atoms with Gasteiger partial charge in [-0.05, 0) is 31.4 Å². The molecule has 1 amide bonds. The van der Waals surface area contributed by atoms with Crippen LogP contribution in [0.4, 0.5) is 13.2 Å². The SMILES string of the molecule is O=C(NCCCOCC1CCCO1)c1ccccc1C(F)(F)F. The molecule has 4 nitrogen and oxygen atoms in total. The number of carbonyl (C=O) groups excluding carboxylic acids is 1. The lowest BCUT2D eigenvalue weighted by molar-refractivity contribution is -0.137. The number of hydrogen-bond acceptors (Lipinski definition) is 3. The summed E-state index contributed by atoms with van der Waals surface area (Å²) in [6.07, 6.45) is -1.83. The predicted octanol–water partition coefficient (Wildman–Crippen LogP) is 3.02. The Kier molecular flexibility index (Phi) is 6.41. The summed E-state index contributed by atoms with van der Waals surface area (Å²) in [5, 5.41) is 2.49. The number of carbonyl (C=O) groups is 1. The first-order chi connectivity index (χ1) is 11.0. The van der Waals surface area contributed by atoms with Crippen LogP contribution in [0.2, 0.25) is 0 Å². The first-order valence-corrected chi connectivity index (χ1v) is 7.62. The van der Waals surface area contributed by atoms with Gasteiger partial charge in [0.05, 0.1) is 23.8 Å². The average molecular weight is 331 g/mol. The van der Waals surface area contributed by atoms with Crippen LogP contribution in [0.15, 0.2) is 24.3 Å². The molecule has 23 heavy (non-hydrogen) atoms. The maximum atomic E-state index is 12.8. The second kappa shape index (κ2) is 8.31. The van der Waals surface area contributed by atoms with Crippen molar-refractivity contribution >= 4 is 5.91 Å². The summed E-state index contributed by atoms with van der Waals surface area (Å²) in [5.41, 5.74) is -1.28. The molecule has 1 N–H and O–H groups in total. The van der Waals surface area contributed by atoms with Crippen LogP contribution in [0, 0.1) is 0 Å². The maximum Gasteiger partial charge on any atom is 0.417 e. The predicted molar refractivity (Wildman–Crippen MR) is 78.2 cm³/mol. The number of alkyl halides is 3. The van der Waals surface area contributed by atoms with E-state index in [1.54, 1.807) is 0 Å². The molecule has 1 aliphatic rings. The summed E-state index contributed by atoms with van der Waals surface area (Å²) in [4.78, 5) is 11.9. The molecular weight excluding hydrogens is 311 g/mol. The Labute approximate surface area is 133 Å². The van der Waals surface area contributed by atoms with Crippen LogP contribution in [-0.4, -0.2) is 38.4 Å². The molecule has 1 saturated heterocycles. The quantitative estimate of drug-likeness (QED) is 0.781. The van der Waals surface area contributed by atoms with Gasteiger partial charge >= 0.3 is 6.18 Å². The Bertz CT molecular complexity index is 514. The molecule has 0 aromatic heterocycles. The number of amides is 1. The summed E-state index contributed by atoms with van der Waals surface area (Å²) in [5.74, 6) is -0.725. The van der Waals surface area contributed by atoms with E-state index in [0.29, 0.717) is 19.6 Å². The smallest absolute Gasteiger partial charge is 0.379 e. The van der Waals surface area contributed by atoms with Crippen molar-refractivity contribution in [3.05, 3.63) is 35.4 Å². The van der Waals surface area contributed by atoms with Crippen molar-refractivity contribution in [2.45, 2.75) is 31.5 Å². The van der Waals surface area contributed by atoms with Crippen LogP contribution in [0.1, 0.15) is 35.2 Å². The second-order valence-electron chi connectivity index (χ2n) is 5.36. The van der Waals surface area contributed by atoms with Crippen molar-refractivity contribution in [3.63, 3.8) is 0 Å². The standard InChI is InChI=1S/C16H20F3NO3/c17-16(18,19)14-7-2-1-6-13(14)15(21)20-8-4-9-22-11-12-5-3-10-23-12/h1-2,6-7,12H,3-5,8-11H2,(H,20,21). The van der Waals surface area contributed by atoms with Gasteiger partial charge in [-0.15, -0.1) is 0 Å². The number of ether oxygens (including phenoxy) is 2. The van der Waals surface area contributed by atoms with E-state index in [4.69, 9.17) is 9.47 Å². The molecule has 0 saturated carbocycles. The Morgan fingerprint density at radius 2 is 2.13 bits per heavy atom. The van der Waals surface area contributed by atoms with Crippen molar-refractivity contribution in [2.75, 3.05) is 26.4 Å². The largest absolute Gasteiger partial charge is 0.417 e. The zero-order chi connectivity index (χ0) is 16.7. The molecule has 2 rings (SSSR count). The van der Waals surface area contributed by atoms with E-state index in [1.165, 1.54) is 18.2 Å². The van der Waals surface area contributed by atoms with Crippen LogP contribution in [0.25, 0.3) is 0 Å². The molecule has 128 valence electrons. The van der Waals surface area contributed by atoms with Gasteiger partial charge in [-0.1, -0.05) is 12.1 Å². The third kappa shape index (κ3) is 5.51. The van der Waals surface area contributed by atoms with Crippen LogP contribution >= 0.6 is 0 Å². The highest BCUT2D eigenvalue weighted by Crippen LogP contribution is 2.31. The van der Waals surface area contributed by atoms with E-state index >= 15 is 0 Å². The first kappa shape index (κ1) is 17.7.